The van der Waals surface area contributed by atoms with Crippen LogP contribution in [0, 0.1) is 0 Å². The first-order chi connectivity index (χ1) is 12.1. The summed E-state index contributed by atoms with van der Waals surface area (Å²) in [6.45, 7) is 0. The lowest BCUT2D eigenvalue weighted by molar-refractivity contribution is 0.0696. The quantitative estimate of drug-likeness (QED) is 0.484. The van der Waals surface area contributed by atoms with Gasteiger partial charge in [0.15, 0.2) is 5.78 Å². The van der Waals surface area contributed by atoms with Crippen LogP contribution >= 0.6 is 27.7 Å². The number of aromatic carboxylic acids is 1. The third-order valence-electron chi connectivity index (χ3n) is 3.30. The fourth-order valence-corrected chi connectivity index (χ4v) is 3.15. The molecule has 3 aromatic rings. The Kier molecular flexibility index (Phi) is 5.25. The van der Waals surface area contributed by atoms with E-state index in [0.717, 1.165) is 16.2 Å². The number of rotatable bonds is 6. The average Bonchev–Trinajstić information content (AvgIpc) is 3.08. The van der Waals surface area contributed by atoms with Crippen molar-refractivity contribution in [3.05, 3.63) is 64.1 Å². The van der Waals surface area contributed by atoms with Crippen LogP contribution in [-0.2, 0) is 0 Å². The largest absolute Gasteiger partial charge is 0.478 e. The zero-order valence-corrected chi connectivity index (χ0v) is 15.1. The molecule has 0 amide bonds. The summed E-state index contributed by atoms with van der Waals surface area (Å²) in [5.74, 6) is -1.01. The highest BCUT2D eigenvalue weighted by molar-refractivity contribution is 9.10. The Labute approximate surface area is 155 Å². The predicted molar refractivity (Wildman–Crippen MR) is 95.3 cm³/mol. The third kappa shape index (κ3) is 3.94. The number of benzene rings is 2. The molecular formula is C16H11BrN4O3S. The van der Waals surface area contributed by atoms with Gasteiger partial charge in [-0.2, -0.15) is 4.68 Å². The van der Waals surface area contributed by atoms with Gasteiger partial charge in [-0.15, -0.1) is 5.10 Å². The lowest BCUT2D eigenvalue weighted by Gasteiger charge is -2.07. The van der Waals surface area contributed by atoms with E-state index in [-0.39, 0.29) is 17.1 Å². The molecule has 0 spiro atoms. The number of Topliss-reactive ketones (excluding diaryl/α,β-unsaturated/α-hetero) is 1. The molecule has 0 aliphatic rings. The number of para-hydroxylation sites is 1. The number of halogens is 1. The van der Waals surface area contributed by atoms with Crippen molar-refractivity contribution in [2.75, 3.05) is 5.75 Å². The van der Waals surface area contributed by atoms with E-state index < -0.39 is 5.97 Å². The Bertz CT molecular complexity index is 927. The van der Waals surface area contributed by atoms with Crippen molar-refractivity contribution in [1.29, 1.82) is 0 Å². The van der Waals surface area contributed by atoms with Gasteiger partial charge in [-0.05, 0) is 34.7 Å². The Morgan fingerprint density at radius 3 is 2.56 bits per heavy atom. The minimum Gasteiger partial charge on any atom is -0.478 e. The fraction of sp³-hybridized carbons (Fsp3) is 0.0625. The molecular weight excluding hydrogens is 408 g/mol. The molecule has 0 aliphatic carbocycles. The number of thioether (sulfide) groups is 1. The van der Waals surface area contributed by atoms with Crippen LogP contribution in [0.1, 0.15) is 20.7 Å². The fourth-order valence-electron chi connectivity index (χ4n) is 2.11. The normalized spacial score (nSPS) is 10.6. The number of tetrazole rings is 1. The molecule has 0 bridgehead atoms. The molecule has 2 aromatic carbocycles. The maximum Gasteiger partial charge on any atom is 0.337 e. The van der Waals surface area contributed by atoms with Crippen molar-refractivity contribution in [2.24, 2.45) is 0 Å². The van der Waals surface area contributed by atoms with E-state index in [1.165, 1.54) is 10.7 Å². The molecule has 7 nitrogen and oxygen atoms in total. The van der Waals surface area contributed by atoms with Gasteiger partial charge in [0, 0.05) is 10.0 Å². The van der Waals surface area contributed by atoms with E-state index in [9.17, 15) is 14.7 Å². The Morgan fingerprint density at radius 1 is 1.12 bits per heavy atom. The van der Waals surface area contributed by atoms with Gasteiger partial charge in [0.2, 0.25) is 5.16 Å². The van der Waals surface area contributed by atoms with E-state index >= 15 is 0 Å². The Morgan fingerprint density at radius 2 is 1.84 bits per heavy atom. The van der Waals surface area contributed by atoms with Gasteiger partial charge < -0.3 is 5.11 Å². The molecule has 0 saturated carbocycles. The standard InChI is InChI=1S/C16H11BrN4O3S/c17-11-7-5-10(6-8-11)14(22)9-25-16-18-19-20-21(16)13-4-2-1-3-12(13)15(23)24/h1-8H,9H2,(H,23,24). The molecule has 25 heavy (non-hydrogen) atoms. The van der Waals surface area contributed by atoms with Crippen LogP contribution in [0.25, 0.3) is 5.69 Å². The number of hydrogen-bond donors (Lipinski definition) is 1. The van der Waals surface area contributed by atoms with Gasteiger partial charge in [-0.1, -0.05) is 52.0 Å². The number of aromatic nitrogens is 4. The lowest BCUT2D eigenvalue weighted by atomic mass is 10.2. The molecule has 0 unspecified atom stereocenters. The highest BCUT2D eigenvalue weighted by Gasteiger charge is 2.17. The number of carboxylic acid groups (broad SMARTS) is 1. The van der Waals surface area contributed by atoms with Gasteiger partial charge in [0.25, 0.3) is 0 Å². The molecule has 1 N–H and O–H groups in total. The molecule has 3 rings (SSSR count). The van der Waals surface area contributed by atoms with Crippen LogP contribution in [0.3, 0.4) is 0 Å². The van der Waals surface area contributed by atoms with Crippen molar-refractivity contribution in [3.8, 4) is 5.69 Å². The average molecular weight is 419 g/mol. The molecule has 0 radical (unpaired) electrons. The van der Waals surface area contributed by atoms with Crippen LogP contribution in [0.2, 0.25) is 0 Å². The molecule has 1 heterocycles. The molecule has 0 fully saturated rings. The maximum atomic E-state index is 12.3. The van der Waals surface area contributed by atoms with Crippen molar-refractivity contribution in [3.63, 3.8) is 0 Å². The SMILES string of the molecule is O=C(CSc1nnnn1-c1ccccc1C(=O)O)c1ccc(Br)cc1. The molecule has 126 valence electrons. The highest BCUT2D eigenvalue weighted by atomic mass is 79.9. The van der Waals surface area contributed by atoms with Crippen LogP contribution in [0.5, 0.6) is 0 Å². The van der Waals surface area contributed by atoms with Crippen molar-refractivity contribution in [2.45, 2.75) is 5.16 Å². The zero-order chi connectivity index (χ0) is 17.8. The number of ketones is 1. The van der Waals surface area contributed by atoms with Gasteiger partial charge >= 0.3 is 5.97 Å². The highest BCUT2D eigenvalue weighted by Crippen LogP contribution is 2.22. The van der Waals surface area contributed by atoms with Gasteiger partial charge in [0.05, 0.1) is 17.0 Å². The molecule has 0 saturated heterocycles. The van der Waals surface area contributed by atoms with Crippen LogP contribution < -0.4 is 0 Å². The predicted octanol–water partition coefficient (Wildman–Crippen LogP) is 3.10. The van der Waals surface area contributed by atoms with Gasteiger partial charge in [-0.25, -0.2) is 4.79 Å². The second-order valence-electron chi connectivity index (χ2n) is 4.91. The third-order valence-corrected chi connectivity index (χ3v) is 4.75. The Balaban J connectivity index is 1.80. The summed E-state index contributed by atoms with van der Waals surface area (Å²) in [6.07, 6.45) is 0. The summed E-state index contributed by atoms with van der Waals surface area (Å²) < 4.78 is 2.22. The van der Waals surface area contributed by atoms with E-state index in [2.05, 4.69) is 31.5 Å². The second-order valence-corrected chi connectivity index (χ2v) is 6.77. The summed E-state index contributed by atoms with van der Waals surface area (Å²) in [5, 5.41) is 21.0. The first-order valence-electron chi connectivity index (χ1n) is 7.09. The van der Waals surface area contributed by atoms with Crippen molar-refractivity contribution < 1.29 is 14.7 Å². The van der Waals surface area contributed by atoms with Gasteiger partial charge in [-0.3, -0.25) is 4.79 Å². The summed E-state index contributed by atoms with van der Waals surface area (Å²) in [5.41, 5.74) is 1.01. The summed E-state index contributed by atoms with van der Waals surface area (Å²) in [7, 11) is 0. The number of carbonyl (C=O) groups excluding carboxylic acids is 1. The first-order valence-corrected chi connectivity index (χ1v) is 8.87. The second kappa shape index (κ2) is 7.58. The van der Waals surface area contributed by atoms with Crippen LogP contribution in [0.4, 0.5) is 0 Å². The maximum absolute atomic E-state index is 12.3. The number of carboxylic acids is 1. The molecule has 9 heteroatoms. The van der Waals surface area contributed by atoms with E-state index in [4.69, 9.17) is 0 Å². The minimum atomic E-state index is -1.08. The summed E-state index contributed by atoms with van der Waals surface area (Å²) in [4.78, 5) is 23.6. The summed E-state index contributed by atoms with van der Waals surface area (Å²) in [6, 6.07) is 13.5. The van der Waals surface area contributed by atoms with E-state index in [1.807, 2.05) is 0 Å². The van der Waals surface area contributed by atoms with Crippen LogP contribution in [-0.4, -0.2) is 42.8 Å². The lowest BCUT2D eigenvalue weighted by Crippen LogP contribution is -2.09. The van der Waals surface area contributed by atoms with Crippen molar-refractivity contribution in [1.82, 2.24) is 20.2 Å². The minimum absolute atomic E-state index is 0.0708. The Hall–Kier alpha value is -2.52. The van der Waals surface area contributed by atoms with E-state index in [0.29, 0.717) is 16.4 Å². The topological polar surface area (TPSA) is 98.0 Å². The number of nitrogens with zero attached hydrogens (tertiary/aromatic N) is 4. The van der Waals surface area contributed by atoms with Crippen molar-refractivity contribution >= 4 is 39.4 Å². The summed E-state index contributed by atoms with van der Waals surface area (Å²) >= 11 is 4.47. The number of carbonyl (C=O) groups is 2. The molecule has 0 atom stereocenters. The van der Waals surface area contributed by atoms with Crippen LogP contribution in [0.15, 0.2) is 58.2 Å². The van der Waals surface area contributed by atoms with E-state index in [1.54, 1.807) is 42.5 Å². The molecule has 0 aliphatic heterocycles. The monoisotopic (exact) mass is 418 g/mol. The smallest absolute Gasteiger partial charge is 0.337 e. The molecule has 1 aromatic heterocycles. The zero-order valence-electron chi connectivity index (χ0n) is 12.7. The first kappa shape index (κ1) is 17.3. The number of hydrogen-bond acceptors (Lipinski definition) is 6. The van der Waals surface area contributed by atoms with Gasteiger partial charge in [0.1, 0.15) is 0 Å².